The summed E-state index contributed by atoms with van der Waals surface area (Å²) in [5, 5.41) is 4.45. The number of Topliss-reactive ketones (excluding diaryl/α,β-unsaturated/α-hetero) is 1. The summed E-state index contributed by atoms with van der Waals surface area (Å²) >= 11 is 0. The Kier molecular flexibility index (Phi) is 4.44. The van der Waals surface area contributed by atoms with Gasteiger partial charge < -0.3 is 23.8 Å². The van der Waals surface area contributed by atoms with Gasteiger partial charge in [-0.1, -0.05) is 29.4 Å². The molecule has 1 aromatic carbocycles. The summed E-state index contributed by atoms with van der Waals surface area (Å²) in [7, 11) is 1.36. The Morgan fingerprint density at radius 3 is 2.48 bits per heavy atom. The zero-order chi connectivity index (χ0) is 23.1. The van der Waals surface area contributed by atoms with Crippen molar-refractivity contribution in [1.82, 2.24) is 0 Å². The van der Waals surface area contributed by atoms with Crippen LogP contribution in [-0.2, 0) is 35.2 Å². The Labute approximate surface area is 191 Å². The van der Waals surface area contributed by atoms with Crippen molar-refractivity contribution in [3.8, 4) is 0 Å². The molecule has 3 heterocycles. The molecule has 4 fully saturated rings. The van der Waals surface area contributed by atoms with E-state index >= 15 is 0 Å². The van der Waals surface area contributed by atoms with E-state index in [1.54, 1.807) is 12.1 Å². The molecule has 2 saturated carbocycles. The van der Waals surface area contributed by atoms with Gasteiger partial charge in [0.05, 0.1) is 36.5 Å². The second-order valence-electron chi connectivity index (χ2n) is 9.86. The van der Waals surface area contributed by atoms with Crippen molar-refractivity contribution in [3.63, 3.8) is 0 Å². The summed E-state index contributed by atoms with van der Waals surface area (Å²) in [6.45, 7) is 8.59. The summed E-state index contributed by atoms with van der Waals surface area (Å²) in [4.78, 5) is 30.4. The van der Waals surface area contributed by atoms with Crippen molar-refractivity contribution in [3.05, 3.63) is 47.5 Å². The van der Waals surface area contributed by atoms with Crippen LogP contribution in [-0.4, -0.2) is 60.7 Å². The number of esters is 1. The van der Waals surface area contributed by atoms with Crippen LogP contribution in [0.3, 0.4) is 0 Å². The van der Waals surface area contributed by atoms with Gasteiger partial charge in [0.15, 0.2) is 5.78 Å². The van der Waals surface area contributed by atoms with E-state index in [4.69, 9.17) is 23.8 Å². The highest BCUT2D eigenvalue weighted by Gasteiger charge is 2.87. The zero-order valence-electron chi connectivity index (χ0n) is 18.9. The zero-order valence-corrected chi connectivity index (χ0v) is 18.9. The number of ketones is 1. The Morgan fingerprint density at radius 1 is 1.21 bits per heavy atom. The summed E-state index contributed by atoms with van der Waals surface area (Å²) < 4.78 is 23.1. The SMILES string of the molecule is C=C(C)C1CC(OCc2ccc(C(=O)OC)cc2)C2(C1)C(C)=NOC21C2OC2C(=O)C2OC21. The lowest BCUT2D eigenvalue weighted by atomic mass is 9.60. The van der Waals surface area contributed by atoms with Gasteiger partial charge in [-0.3, -0.25) is 4.79 Å². The lowest BCUT2D eigenvalue weighted by Crippen LogP contribution is -2.64. The van der Waals surface area contributed by atoms with E-state index in [0.29, 0.717) is 12.2 Å². The van der Waals surface area contributed by atoms with Crippen LogP contribution < -0.4 is 0 Å². The molecule has 33 heavy (non-hydrogen) atoms. The quantitative estimate of drug-likeness (QED) is 0.384. The van der Waals surface area contributed by atoms with Crippen molar-refractivity contribution in [2.24, 2.45) is 16.5 Å². The minimum atomic E-state index is -0.857. The lowest BCUT2D eigenvalue weighted by molar-refractivity contribution is -0.155. The summed E-state index contributed by atoms with van der Waals surface area (Å²) in [5.41, 5.74) is 1.96. The third-order valence-corrected chi connectivity index (χ3v) is 8.21. The van der Waals surface area contributed by atoms with Gasteiger partial charge in [0, 0.05) is 0 Å². The second kappa shape index (κ2) is 6.98. The van der Waals surface area contributed by atoms with Crippen LogP contribution in [0.4, 0.5) is 0 Å². The number of carbonyl (C=O) groups is 2. The van der Waals surface area contributed by atoms with Gasteiger partial charge in [0.1, 0.15) is 24.4 Å². The molecule has 2 spiro atoms. The number of carbonyl (C=O) groups excluding carboxylic acids is 2. The van der Waals surface area contributed by atoms with Crippen molar-refractivity contribution in [2.75, 3.05) is 7.11 Å². The van der Waals surface area contributed by atoms with Crippen molar-refractivity contribution < 1.29 is 33.4 Å². The fourth-order valence-electron chi connectivity index (χ4n) is 6.33. The van der Waals surface area contributed by atoms with E-state index in [-0.39, 0.29) is 36.0 Å². The van der Waals surface area contributed by atoms with E-state index in [9.17, 15) is 9.59 Å². The van der Waals surface area contributed by atoms with Crippen molar-refractivity contribution in [1.29, 1.82) is 0 Å². The van der Waals surface area contributed by atoms with Crippen LogP contribution in [0.5, 0.6) is 0 Å². The van der Waals surface area contributed by atoms with Crippen LogP contribution >= 0.6 is 0 Å². The Hall–Kier alpha value is -2.55. The molecule has 7 unspecified atom stereocenters. The fraction of sp³-hybridized carbons (Fsp3) is 0.560. The highest BCUT2D eigenvalue weighted by Crippen LogP contribution is 2.68. The maximum Gasteiger partial charge on any atom is 0.337 e. The molecule has 8 heteroatoms. The number of allylic oxidation sites excluding steroid dienone is 1. The van der Waals surface area contributed by atoms with E-state index in [1.807, 2.05) is 26.0 Å². The first-order chi connectivity index (χ1) is 15.8. The van der Waals surface area contributed by atoms with E-state index in [2.05, 4.69) is 11.7 Å². The van der Waals surface area contributed by atoms with Gasteiger partial charge in [-0.25, -0.2) is 4.79 Å². The number of hydrogen-bond donors (Lipinski definition) is 0. The number of epoxide rings is 2. The van der Waals surface area contributed by atoms with Gasteiger partial charge in [0.25, 0.3) is 0 Å². The molecule has 0 bridgehead atoms. The van der Waals surface area contributed by atoms with Crippen LogP contribution in [0, 0.1) is 11.3 Å². The van der Waals surface area contributed by atoms with Gasteiger partial charge in [-0.05, 0) is 50.3 Å². The Balaban J connectivity index is 1.31. The van der Waals surface area contributed by atoms with Crippen LogP contribution in [0.2, 0.25) is 0 Å². The highest BCUT2D eigenvalue weighted by molar-refractivity contribution is 5.98. The van der Waals surface area contributed by atoms with Crippen LogP contribution in [0.15, 0.2) is 41.6 Å². The molecule has 7 atom stereocenters. The monoisotopic (exact) mass is 453 g/mol. The van der Waals surface area contributed by atoms with Crippen molar-refractivity contribution in [2.45, 2.75) is 69.4 Å². The van der Waals surface area contributed by atoms with Gasteiger partial charge in [-0.2, -0.15) is 0 Å². The number of fused-ring (bicyclic) bond motifs is 5. The molecule has 0 aromatic heterocycles. The standard InChI is InChI=1S/C25H27NO7/c1-12(2)16-9-17(30-11-14-5-7-15(8-6-14)23(28)29-4)24(10-16)13(3)26-33-25(24)21-19(31-21)18(27)20-22(25)32-20/h5-8,16-17,19-22H,1,9-11H2,2-4H3. The molecule has 2 aliphatic carbocycles. The lowest BCUT2D eigenvalue weighted by Gasteiger charge is -2.44. The molecule has 0 amide bonds. The van der Waals surface area contributed by atoms with Gasteiger partial charge >= 0.3 is 5.97 Å². The first kappa shape index (κ1) is 21.0. The largest absolute Gasteiger partial charge is 0.465 e. The first-order valence-corrected chi connectivity index (χ1v) is 11.4. The van der Waals surface area contributed by atoms with E-state index < -0.39 is 23.2 Å². The molecule has 8 nitrogen and oxygen atoms in total. The average molecular weight is 453 g/mol. The van der Waals surface area contributed by atoms with Crippen molar-refractivity contribution >= 4 is 17.5 Å². The normalized spacial score (nSPS) is 41.9. The third-order valence-electron chi connectivity index (χ3n) is 8.21. The molecular weight excluding hydrogens is 426 g/mol. The first-order valence-electron chi connectivity index (χ1n) is 11.4. The number of benzene rings is 1. The molecule has 2 saturated heterocycles. The van der Waals surface area contributed by atoms with Gasteiger partial charge in [0.2, 0.25) is 5.60 Å². The number of nitrogens with zero attached hydrogens (tertiary/aromatic N) is 1. The molecular formula is C25H27NO7. The molecule has 0 radical (unpaired) electrons. The van der Waals surface area contributed by atoms with E-state index in [0.717, 1.165) is 29.7 Å². The van der Waals surface area contributed by atoms with E-state index in [1.165, 1.54) is 7.11 Å². The molecule has 1 aromatic rings. The van der Waals surface area contributed by atoms with Crippen LogP contribution in [0.25, 0.3) is 0 Å². The summed E-state index contributed by atoms with van der Waals surface area (Å²) in [6.07, 6.45) is -0.390. The number of oxime groups is 1. The molecule has 3 aliphatic heterocycles. The third kappa shape index (κ3) is 2.71. The maximum absolute atomic E-state index is 12.5. The number of rotatable bonds is 5. The number of ether oxygens (including phenoxy) is 4. The summed E-state index contributed by atoms with van der Waals surface area (Å²) in [5.74, 6) is -0.132. The minimum Gasteiger partial charge on any atom is -0.465 e. The second-order valence-corrected chi connectivity index (χ2v) is 9.86. The average Bonchev–Trinajstić information content (AvgIpc) is 3.73. The van der Waals surface area contributed by atoms with Crippen LogP contribution in [0.1, 0.15) is 42.6 Å². The minimum absolute atomic E-state index is 0.0107. The summed E-state index contributed by atoms with van der Waals surface area (Å²) in [6, 6.07) is 7.20. The fourth-order valence-corrected chi connectivity index (χ4v) is 6.33. The smallest absolute Gasteiger partial charge is 0.337 e. The Morgan fingerprint density at radius 2 is 1.88 bits per heavy atom. The number of hydrogen-bond acceptors (Lipinski definition) is 8. The molecule has 174 valence electrons. The molecule has 0 N–H and O–H groups in total. The molecule has 5 aliphatic rings. The maximum atomic E-state index is 12.5. The van der Waals surface area contributed by atoms with Gasteiger partial charge in [-0.15, -0.1) is 0 Å². The Bertz CT molecular complexity index is 1060. The topological polar surface area (TPSA) is 99.2 Å². The molecule has 6 rings (SSSR count). The highest BCUT2D eigenvalue weighted by atomic mass is 16.7. The predicted octanol–water partition coefficient (Wildman–Crippen LogP) is 2.59. The predicted molar refractivity (Wildman–Crippen MR) is 116 cm³/mol. The number of methoxy groups -OCH3 is 1.